The summed E-state index contributed by atoms with van der Waals surface area (Å²) in [4.78, 5) is 1.75. The lowest BCUT2D eigenvalue weighted by molar-refractivity contribution is -0.331. The summed E-state index contributed by atoms with van der Waals surface area (Å²) in [7, 11) is -6.67. The number of rotatable bonds is 3. The fourth-order valence-electron chi connectivity index (χ4n) is 0.424. The van der Waals surface area contributed by atoms with Gasteiger partial charge in [-0.3, -0.25) is 0 Å². The van der Waals surface area contributed by atoms with E-state index in [0.717, 1.165) is 0 Å². The highest BCUT2D eigenvalue weighted by Gasteiger charge is 2.62. The van der Waals surface area contributed by atoms with Gasteiger partial charge in [0, 0.05) is 0 Å². The van der Waals surface area contributed by atoms with Crippen molar-refractivity contribution < 1.29 is 44.4 Å². The van der Waals surface area contributed by atoms with Crippen molar-refractivity contribution in [2.24, 2.45) is 0 Å². The van der Waals surface area contributed by atoms with Crippen LogP contribution in [0.15, 0.2) is 0 Å². The molecule has 0 fully saturated rings. The van der Waals surface area contributed by atoms with Gasteiger partial charge in [0.05, 0.1) is 0 Å². The number of hydrogen-bond acceptors (Lipinski definition) is 4. The first kappa shape index (κ1) is 13.4. The zero-order valence-corrected chi connectivity index (χ0v) is 6.70. The van der Waals surface area contributed by atoms with Crippen LogP contribution in [0.4, 0.5) is 26.5 Å². The lowest BCUT2D eigenvalue weighted by Gasteiger charge is -2.26. The minimum atomic E-state index is -6.67. The highest BCUT2D eigenvalue weighted by molar-refractivity contribution is 7.86. The normalized spacial score (nSPS) is 16.8. The van der Waals surface area contributed by atoms with Crippen LogP contribution in [0.5, 0.6) is 0 Å². The molecule has 0 heterocycles. The van der Waals surface area contributed by atoms with Gasteiger partial charge >= 0.3 is 11.4 Å². The fraction of sp³-hybridized carbons (Fsp3) is 1.00. The van der Waals surface area contributed by atoms with Gasteiger partial charge in [-0.05, 0) is 4.53 Å². The van der Waals surface area contributed by atoms with Crippen LogP contribution in [0.3, 0.4) is 0 Å². The Bertz CT molecular complexity index is 293. The van der Waals surface area contributed by atoms with E-state index in [-0.39, 0.29) is 0 Å². The van der Waals surface area contributed by atoms with Crippen LogP contribution in [0.1, 0.15) is 0 Å². The first-order chi connectivity index (χ1) is 5.94. The van der Waals surface area contributed by atoms with Gasteiger partial charge in [0.25, 0.3) is 6.10 Å². The molecule has 0 rings (SSSR count). The number of halogens is 6. The molecular formula is C3HF6O4S-. The maximum Gasteiger partial charge on any atom is 0.425 e. The second-order valence-electron chi connectivity index (χ2n) is 2.03. The summed E-state index contributed by atoms with van der Waals surface area (Å²) >= 11 is 0. The van der Waals surface area contributed by atoms with Crippen LogP contribution in [0.2, 0.25) is 0 Å². The van der Waals surface area contributed by atoms with Crippen LogP contribution in [-0.2, 0) is 15.1 Å². The predicted octanol–water partition coefficient (Wildman–Crippen LogP) is 0.956. The van der Waals surface area contributed by atoms with Crippen molar-refractivity contribution in [3.05, 3.63) is 0 Å². The molecule has 0 aliphatic carbocycles. The van der Waals surface area contributed by atoms with E-state index < -0.39 is 27.7 Å². The number of alkyl halides is 5. The minimum absolute atomic E-state index is 1.75. The second kappa shape index (κ2) is 3.55. The van der Waals surface area contributed by atoms with E-state index in [1.165, 1.54) is 0 Å². The summed E-state index contributed by atoms with van der Waals surface area (Å²) in [5.41, 5.74) is 0. The Kier molecular flexibility index (Phi) is 3.41. The van der Waals surface area contributed by atoms with Crippen molar-refractivity contribution in [2.75, 3.05) is 0 Å². The van der Waals surface area contributed by atoms with Crippen molar-refractivity contribution in [2.45, 2.75) is 17.5 Å². The van der Waals surface area contributed by atoms with E-state index in [4.69, 9.17) is 0 Å². The van der Waals surface area contributed by atoms with Gasteiger partial charge in [-0.1, -0.05) is 0 Å². The average Bonchev–Trinajstić information content (AvgIpc) is 1.80. The molecule has 4 nitrogen and oxygen atoms in total. The van der Waals surface area contributed by atoms with E-state index in [1.54, 1.807) is 4.94 Å². The molecule has 0 aliphatic heterocycles. The maximum absolute atomic E-state index is 12.1. The van der Waals surface area contributed by atoms with Gasteiger partial charge in [0.1, 0.15) is 0 Å². The SMILES string of the molecule is O=S(=O)([O-])C(F)(F)C(OF)C(F)(F)F. The predicted molar refractivity (Wildman–Crippen MR) is 26.7 cm³/mol. The molecule has 0 aliphatic rings. The molecule has 11 heteroatoms. The summed E-state index contributed by atoms with van der Waals surface area (Å²) in [6.07, 6.45) is -10.6. The zero-order valence-electron chi connectivity index (χ0n) is 5.89. The first-order valence-electron chi connectivity index (χ1n) is 2.62. The second-order valence-corrected chi connectivity index (χ2v) is 3.48. The molecule has 86 valence electrons. The van der Waals surface area contributed by atoms with E-state index in [1.807, 2.05) is 0 Å². The van der Waals surface area contributed by atoms with E-state index in [2.05, 4.69) is 0 Å². The quantitative estimate of drug-likeness (QED) is 0.550. The van der Waals surface area contributed by atoms with Crippen LogP contribution < -0.4 is 0 Å². The Hall–Kier alpha value is -0.550. The Balaban J connectivity index is 5.26. The summed E-state index contributed by atoms with van der Waals surface area (Å²) in [6.45, 7) is 0. The van der Waals surface area contributed by atoms with Gasteiger partial charge in [-0.2, -0.15) is 26.9 Å². The highest BCUT2D eigenvalue weighted by Crippen LogP contribution is 2.37. The molecule has 0 N–H and O–H groups in total. The molecule has 0 aromatic rings. The van der Waals surface area contributed by atoms with Gasteiger partial charge < -0.3 is 4.55 Å². The molecule has 0 amide bonds. The summed E-state index contributed by atoms with van der Waals surface area (Å²) < 4.78 is 98.7. The van der Waals surface area contributed by atoms with Crippen LogP contribution in [-0.4, -0.2) is 30.5 Å². The maximum atomic E-state index is 12.1. The van der Waals surface area contributed by atoms with Gasteiger partial charge in [0.15, 0.2) is 10.1 Å². The molecule has 1 atom stereocenters. The molecule has 0 aromatic carbocycles. The average molecular weight is 247 g/mol. The standard InChI is InChI=1S/C3H2F6O4S/c4-2(5,6)1(13-9)3(7,8)14(10,11)12/h1H,(H,10,11,12)/p-1. The van der Waals surface area contributed by atoms with E-state index in [0.29, 0.717) is 0 Å². The largest absolute Gasteiger partial charge is 0.743 e. The Morgan fingerprint density at radius 2 is 1.50 bits per heavy atom. The zero-order chi connectivity index (χ0) is 11.8. The highest BCUT2D eigenvalue weighted by atomic mass is 32.2. The van der Waals surface area contributed by atoms with Gasteiger partial charge in [-0.25, -0.2) is 8.42 Å². The molecule has 1 unspecified atom stereocenters. The monoisotopic (exact) mass is 247 g/mol. The molecule has 0 spiro atoms. The third-order valence-corrected chi connectivity index (χ3v) is 1.91. The van der Waals surface area contributed by atoms with Crippen LogP contribution in [0, 0.1) is 0 Å². The van der Waals surface area contributed by atoms with E-state index in [9.17, 15) is 39.4 Å². The van der Waals surface area contributed by atoms with Crippen molar-refractivity contribution in [1.29, 1.82) is 0 Å². The van der Waals surface area contributed by atoms with Gasteiger partial charge in [0.2, 0.25) is 0 Å². The summed E-state index contributed by atoms with van der Waals surface area (Å²) in [5.74, 6) is 0. The molecule has 0 saturated carbocycles. The Morgan fingerprint density at radius 1 is 1.14 bits per heavy atom. The molecule has 0 radical (unpaired) electrons. The fourth-order valence-corrected chi connectivity index (χ4v) is 0.856. The van der Waals surface area contributed by atoms with Crippen molar-refractivity contribution in [1.82, 2.24) is 0 Å². The molecular weight excluding hydrogens is 246 g/mol. The molecule has 0 saturated heterocycles. The lowest BCUT2D eigenvalue weighted by atomic mass is 10.3. The summed E-state index contributed by atoms with van der Waals surface area (Å²) in [5, 5.41) is -5.92. The molecule has 0 aromatic heterocycles. The third-order valence-electron chi connectivity index (χ3n) is 1.02. The third kappa shape index (κ3) is 2.48. The van der Waals surface area contributed by atoms with Crippen molar-refractivity contribution in [3.8, 4) is 0 Å². The summed E-state index contributed by atoms with van der Waals surface area (Å²) in [6, 6.07) is 0. The molecule has 14 heavy (non-hydrogen) atoms. The number of hydrogen-bond donors (Lipinski definition) is 0. The topological polar surface area (TPSA) is 66.4 Å². The first-order valence-corrected chi connectivity index (χ1v) is 4.02. The van der Waals surface area contributed by atoms with Gasteiger partial charge in [-0.15, -0.1) is 0 Å². The Labute approximate surface area is 73.1 Å². The van der Waals surface area contributed by atoms with E-state index >= 15 is 0 Å². The smallest absolute Gasteiger partial charge is 0.425 e. The van der Waals surface area contributed by atoms with Crippen LogP contribution in [0.25, 0.3) is 0 Å². The minimum Gasteiger partial charge on any atom is -0.743 e. The van der Waals surface area contributed by atoms with Crippen molar-refractivity contribution in [3.63, 3.8) is 0 Å². The van der Waals surface area contributed by atoms with Crippen LogP contribution >= 0.6 is 0 Å². The Morgan fingerprint density at radius 3 is 1.57 bits per heavy atom. The molecule has 0 bridgehead atoms. The van der Waals surface area contributed by atoms with Crippen molar-refractivity contribution >= 4 is 10.1 Å². The lowest BCUT2D eigenvalue weighted by Crippen LogP contribution is -2.50.